The van der Waals surface area contributed by atoms with Gasteiger partial charge in [0, 0.05) is 18.3 Å². The Morgan fingerprint density at radius 1 is 1.31 bits per heavy atom. The fourth-order valence-electron chi connectivity index (χ4n) is 2.72. The number of aromatic nitrogens is 4. The van der Waals surface area contributed by atoms with E-state index in [1.165, 1.54) is 0 Å². The Hall–Kier alpha value is -2.48. The zero-order valence-corrected chi connectivity index (χ0v) is 16.1. The quantitative estimate of drug-likeness (QED) is 0.594. The molecule has 0 saturated carbocycles. The van der Waals surface area contributed by atoms with Gasteiger partial charge in [-0.15, -0.1) is 0 Å². The van der Waals surface area contributed by atoms with E-state index in [-0.39, 0.29) is 11.5 Å². The molecule has 0 spiro atoms. The Balaban J connectivity index is 1.77. The molecule has 0 unspecified atom stereocenters. The van der Waals surface area contributed by atoms with Gasteiger partial charge in [0.15, 0.2) is 5.65 Å². The summed E-state index contributed by atoms with van der Waals surface area (Å²) < 4.78 is 3.23. The predicted molar refractivity (Wildman–Crippen MR) is 103 cm³/mol. The highest BCUT2D eigenvalue weighted by Crippen LogP contribution is 2.10. The monoisotopic (exact) mass is 417 g/mol. The van der Waals surface area contributed by atoms with E-state index in [0.717, 1.165) is 11.1 Å². The SMILES string of the molecule is Cc1ccccc1Cn1cnc2c(cnn2CCNC(=O)CCBr)c1=O. The molecular formula is C18H20BrN5O2. The van der Waals surface area contributed by atoms with Gasteiger partial charge in [0.05, 0.1) is 19.3 Å². The van der Waals surface area contributed by atoms with Gasteiger partial charge >= 0.3 is 0 Å². The van der Waals surface area contributed by atoms with Crippen molar-refractivity contribution < 1.29 is 4.79 Å². The number of carbonyl (C=O) groups excluding carboxylic acids is 1. The fraction of sp³-hybridized carbons (Fsp3) is 0.333. The molecule has 1 N–H and O–H groups in total. The Labute approximate surface area is 159 Å². The number of benzene rings is 1. The minimum atomic E-state index is -0.118. The van der Waals surface area contributed by atoms with Crippen LogP contribution in [0, 0.1) is 6.92 Å². The third kappa shape index (κ3) is 4.01. The number of nitrogens with one attached hydrogen (secondary N) is 1. The summed E-state index contributed by atoms with van der Waals surface area (Å²) in [6, 6.07) is 7.96. The van der Waals surface area contributed by atoms with Crippen LogP contribution in [0.5, 0.6) is 0 Å². The Morgan fingerprint density at radius 2 is 2.12 bits per heavy atom. The second-order valence-corrected chi connectivity index (χ2v) is 6.79. The summed E-state index contributed by atoms with van der Waals surface area (Å²) in [6.45, 7) is 3.40. The number of alkyl halides is 1. The van der Waals surface area contributed by atoms with Gasteiger partial charge in [-0.05, 0) is 18.1 Å². The van der Waals surface area contributed by atoms with Crippen LogP contribution < -0.4 is 10.9 Å². The number of halogens is 1. The normalized spacial score (nSPS) is 11.0. The maximum absolute atomic E-state index is 12.7. The fourth-order valence-corrected chi connectivity index (χ4v) is 3.08. The second kappa shape index (κ2) is 8.27. The standard InChI is InChI=1S/C18H20BrN5O2/c1-13-4-2-3-5-14(13)11-23-12-21-17-15(18(23)26)10-22-24(17)9-8-20-16(25)6-7-19/h2-5,10,12H,6-9,11H2,1H3,(H,20,25). The first-order valence-electron chi connectivity index (χ1n) is 8.38. The number of nitrogens with zero attached hydrogens (tertiary/aromatic N) is 4. The lowest BCUT2D eigenvalue weighted by atomic mass is 10.1. The summed E-state index contributed by atoms with van der Waals surface area (Å²) in [5.74, 6) is -0.0214. The average Bonchev–Trinajstić information content (AvgIpc) is 3.03. The lowest BCUT2D eigenvalue weighted by molar-refractivity contribution is -0.120. The van der Waals surface area contributed by atoms with Crippen molar-refractivity contribution in [1.29, 1.82) is 0 Å². The van der Waals surface area contributed by atoms with Gasteiger partial charge in [-0.1, -0.05) is 40.2 Å². The van der Waals surface area contributed by atoms with Crippen LogP contribution in [0.3, 0.4) is 0 Å². The second-order valence-electron chi connectivity index (χ2n) is 6.00. The summed E-state index contributed by atoms with van der Waals surface area (Å²) >= 11 is 3.23. The van der Waals surface area contributed by atoms with Gasteiger partial charge < -0.3 is 5.32 Å². The molecule has 0 atom stereocenters. The van der Waals surface area contributed by atoms with Crippen LogP contribution in [0.4, 0.5) is 0 Å². The van der Waals surface area contributed by atoms with Gasteiger partial charge in [-0.25, -0.2) is 9.67 Å². The molecule has 0 bridgehead atoms. The van der Waals surface area contributed by atoms with Gasteiger partial charge in [-0.3, -0.25) is 14.2 Å². The van der Waals surface area contributed by atoms with Crippen molar-refractivity contribution in [3.05, 3.63) is 58.3 Å². The zero-order valence-electron chi connectivity index (χ0n) is 14.5. The molecule has 1 aromatic carbocycles. The van der Waals surface area contributed by atoms with E-state index in [1.54, 1.807) is 21.8 Å². The maximum Gasteiger partial charge on any atom is 0.264 e. The third-order valence-electron chi connectivity index (χ3n) is 4.19. The molecule has 136 valence electrons. The van der Waals surface area contributed by atoms with E-state index in [1.807, 2.05) is 31.2 Å². The van der Waals surface area contributed by atoms with Crippen molar-refractivity contribution in [3.63, 3.8) is 0 Å². The van der Waals surface area contributed by atoms with Crippen LogP contribution in [-0.2, 0) is 17.9 Å². The number of amides is 1. The first-order valence-corrected chi connectivity index (χ1v) is 9.50. The topological polar surface area (TPSA) is 81.8 Å². The molecule has 2 aromatic heterocycles. The summed E-state index contributed by atoms with van der Waals surface area (Å²) in [5.41, 5.74) is 2.63. The van der Waals surface area contributed by atoms with Crippen molar-refractivity contribution in [2.75, 3.05) is 11.9 Å². The first-order chi connectivity index (χ1) is 12.6. The maximum atomic E-state index is 12.7. The highest BCUT2D eigenvalue weighted by Gasteiger charge is 2.11. The summed E-state index contributed by atoms with van der Waals surface area (Å²) in [6.07, 6.45) is 3.53. The third-order valence-corrected chi connectivity index (χ3v) is 4.59. The van der Waals surface area contributed by atoms with Crippen LogP contribution in [0.25, 0.3) is 11.0 Å². The molecule has 8 heteroatoms. The summed E-state index contributed by atoms with van der Waals surface area (Å²) in [7, 11) is 0. The van der Waals surface area contributed by atoms with Crippen LogP contribution in [0.15, 0.2) is 41.6 Å². The molecule has 0 aliphatic heterocycles. The molecule has 0 fully saturated rings. The van der Waals surface area contributed by atoms with E-state index in [2.05, 4.69) is 31.3 Å². The Morgan fingerprint density at radius 3 is 2.88 bits per heavy atom. The molecule has 7 nitrogen and oxygen atoms in total. The van der Waals surface area contributed by atoms with Crippen molar-refractivity contribution in [1.82, 2.24) is 24.6 Å². The predicted octanol–water partition coefficient (Wildman–Crippen LogP) is 1.85. The molecule has 3 rings (SSSR count). The minimum Gasteiger partial charge on any atom is -0.354 e. The highest BCUT2D eigenvalue weighted by atomic mass is 79.9. The van der Waals surface area contributed by atoms with E-state index in [9.17, 15) is 9.59 Å². The summed E-state index contributed by atoms with van der Waals surface area (Å²) in [4.78, 5) is 28.6. The van der Waals surface area contributed by atoms with Crippen LogP contribution in [-0.4, -0.2) is 37.1 Å². The van der Waals surface area contributed by atoms with Crippen molar-refractivity contribution in [2.45, 2.75) is 26.4 Å². The largest absolute Gasteiger partial charge is 0.354 e. The molecule has 0 saturated heterocycles. The number of hydrogen-bond donors (Lipinski definition) is 1. The molecule has 26 heavy (non-hydrogen) atoms. The molecule has 0 aliphatic rings. The van der Waals surface area contributed by atoms with E-state index < -0.39 is 0 Å². The Kier molecular flexibility index (Phi) is 5.82. The number of hydrogen-bond acceptors (Lipinski definition) is 4. The van der Waals surface area contributed by atoms with E-state index in [0.29, 0.717) is 42.4 Å². The zero-order chi connectivity index (χ0) is 18.5. The van der Waals surface area contributed by atoms with Crippen molar-refractivity contribution >= 4 is 32.9 Å². The molecule has 3 aromatic rings. The van der Waals surface area contributed by atoms with E-state index >= 15 is 0 Å². The number of carbonyl (C=O) groups is 1. The lowest BCUT2D eigenvalue weighted by Gasteiger charge is -2.09. The van der Waals surface area contributed by atoms with Gasteiger partial charge in [-0.2, -0.15) is 5.10 Å². The van der Waals surface area contributed by atoms with E-state index in [4.69, 9.17) is 0 Å². The van der Waals surface area contributed by atoms with Crippen molar-refractivity contribution in [3.8, 4) is 0 Å². The highest BCUT2D eigenvalue weighted by molar-refractivity contribution is 9.09. The number of fused-ring (bicyclic) bond motifs is 1. The molecule has 0 radical (unpaired) electrons. The molecule has 0 aliphatic carbocycles. The van der Waals surface area contributed by atoms with Crippen LogP contribution >= 0.6 is 15.9 Å². The minimum absolute atomic E-state index is 0.0214. The summed E-state index contributed by atoms with van der Waals surface area (Å²) in [5, 5.41) is 8.17. The van der Waals surface area contributed by atoms with Gasteiger partial charge in [0.1, 0.15) is 11.7 Å². The molecule has 1 amide bonds. The smallest absolute Gasteiger partial charge is 0.264 e. The first kappa shape index (κ1) is 18.3. The molecular weight excluding hydrogens is 398 g/mol. The lowest BCUT2D eigenvalue weighted by Crippen LogP contribution is -2.27. The van der Waals surface area contributed by atoms with Gasteiger partial charge in [0.25, 0.3) is 5.56 Å². The average molecular weight is 418 g/mol. The number of rotatable bonds is 7. The van der Waals surface area contributed by atoms with Crippen LogP contribution in [0.2, 0.25) is 0 Å². The molecule has 2 heterocycles. The Bertz CT molecular complexity index is 979. The van der Waals surface area contributed by atoms with Crippen molar-refractivity contribution in [2.24, 2.45) is 0 Å². The van der Waals surface area contributed by atoms with Crippen LogP contribution in [0.1, 0.15) is 17.5 Å². The van der Waals surface area contributed by atoms with Gasteiger partial charge in [0.2, 0.25) is 5.91 Å². The number of aryl methyl sites for hydroxylation is 1.